The quantitative estimate of drug-likeness (QED) is 0.867. The Morgan fingerprint density at radius 2 is 2.07 bits per heavy atom. The highest BCUT2D eigenvalue weighted by molar-refractivity contribution is 6.35. The number of halogens is 2. The lowest BCUT2D eigenvalue weighted by Gasteiger charge is -2.11. The van der Waals surface area contributed by atoms with Crippen LogP contribution in [0.4, 0.5) is 0 Å². The Morgan fingerprint density at radius 1 is 1.36 bits per heavy atom. The summed E-state index contributed by atoms with van der Waals surface area (Å²) in [7, 11) is 0. The van der Waals surface area contributed by atoms with Crippen molar-refractivity contribution in [3.8, 4) is 5.75 Å². The molecule has 78 valence electrons. The van der Waals surface area contributed by atoms with Crippen LogP contribution in [0.3, 0.4) is 0 Å². The smallest absolute Gasteiger partial charge is 0.142 e. The summed E-state index contributed by atoms with van der Waals surface area (Å²) in [6, 6.07) is 3.44. The van der Waals surface area contributed by atoms with Crippen LogP contribution >= 0.6 is 23.2 Å². The van der Waals surface area contributed by atoms with Gasteiger partial charge >= 0.3 is 0 Å². The number of rotatable bonds is 4. The highest BCUT2D eigenvalue weighted by Gasteiger charge is 2.08. The fourth-order valence-electron chi connectivity index (χ4n) is 1.13. The van der Waals surface area contributed by atoms with Crippen LogP contribution in [0.15, 0.2) is 12.1 Å². The molecule has 2 nitrogen and oxygen atoms in total. The Balaban J connectivity index is 2.99. The van der Waals surface area contributed by atoms with Gasteiger partial charge in [0.1, 0.15) is 5.75 Å². The van der Waals surface area contributed by atoms with Crippen LogP contribution in [0.2, 0.25) is 10.0 Å². The van der Waals surface area contributed by atoms with Gasteiger partial charge in [0.25, 0.3) is 0 Å². The summed E-state index contributed by atoms with van der Waals surface area (Å²) >= 11 is 11.8. The summed E-state index contributed by atoms with van der Waals surface area (Å²) in [4.78, 5) is 0. The van der Waals surface area contributed by atoms with E-state index in [1.807, 2.05) is 6.92 Å². The second-order valence-electron chi connectivity index (χ2n) is 2.93. The third-order valence-corrected chi connectivity index (χ3v) is 2.25. The minimum absolute atomic E-state index is 0.374. The lowest BCUT2D eigenvalue weighted by molar-refractivity contribution is 0.314. The molecule has 0 heterocycles. The monoisotopic (exact) mass is 233 g/mol. The lowest BCUT2D eigenvalue weighted by atomic mass is 10.2. The maximum absolute atomic E-state index is 5.98. The van der Waals surface area contributed by atoms with Gasteiger partial charge in [-0.2, -0.15) is 0 Å². The van der Waals surface area contributed by atoms with E-state index in [1.165, 1.54) is 0 Å². The molecule has 4 heteroatoms. The largest absolute Gasteiger partial charge is 0.492 e. The molecule has 1 aromatic rings. The van der Waals surface area contributed by atoms with E-state index >= 15 is 0 Å². The van der Waals surface area contributed by atoms with E-state index in [4.69, 9.17) is 33.7 Å². The van der Waals surface area contributed by atoms with Crippen LogP contribution in [-0.2, 0) is 6.54 Å². The first-order chi connectivity index (χ1) is 6.69. The highest BCUT2D eigenvalue weighted by Crippen LogP contribution is 2.32. The number of nitrogens with two attached hydrogens (primary N) is 1. The normalized spacial score (nSPS) is 10.3. The number of benzene rings is 1. The van der Waals surface area contributed by atoms with E-state index < -0.39 is 0 Å². The molecule has 0 atom stereocenters. The zero-order valence-electron chi connectivity index (χ0n) is 8.02. The van der Waals surface area contributed by atoms with Crippen molar-refractivity contribution in [1.82, 2.24) is 0 Å². The van der Waals surface area contributed by atoms with Crippen molar-refractivity contribution >= 4 is 23.2 Å². The first-order valence-electron chi connectivity index (χ1n) is 4.49. The van der Waals surface area contributed by atoms with Crippen molar-refractivity contribution in [1.29, 1.82) is 0 Å². The predicted molar refractivity (Wildman–Crippen MR) is 60.1 cm³/mol. The van der Waals surface area contributed by atoms with E-state index in [0.717, 1.165) is 12.0 Å². The molecule has 1 rings (SSSR count). The molecule has 0 spiro atoms. The molecular formula is C10H13Cl2NO. The number of hydrogen-bond donors (Lipinski definition) is 1. The zero-order valence-corrected chi connectivity index (χ0v) is 9.53. The van der Waals surface area contributed by atoms with E-state index in [9.17, 15) is 0 Å². The Labute approximate surface area is 94.0 Å². The number of ether oxygens (including phenoxy) is 1. The third kappa shape index (κ3) is 2.77. The first kappa shape index (κ1) is 11.6. The van der Waals surface area contributed by atoms with Crippen LogP contribution in [0.25, 0.3) is 0 Å². The van der Waals surface area contributed by atoms with E-state index in [-0.39, 0.29) is 0 Å². The Morgan fingerprint density at radius 3 is 2.64 bits per heavy atom. The van der Waals surface area contributed by atoms with Crippen LogP contribution < -0.4 is 10.5 Å². The molecule has 0 aliphatic rings. The molecule has 1 aromatic carbocycles. The van der Waals surface area contributed by atoms with Gasteiger partial charge in [0.05, 0.1) is 11.6 Å². The van der Waals surface area contributed by atoms with Crippen molar-refractivity contribution < 1.29 is 4.74 Å². The minimum Gasteiger partial charge on any atom is -0.492 e. The van der Waals surface area contributed by atoms with Gasteiger partial charge < -0.3 is 10.5 Å². The maximum Gasteiger partial charge on any atom is 0.142 e. The van der Waals surface area contributed by atoms with E-state index in [1.54, 1.807) is 12.1 Å². The average molecular weight is 234 g/mol. The molecule has 14 heavy (non-hydrogen) atoms. The second kappa shape index (κ2) is 5.44. The van der Waals surface area contributed by atoms with Gasteiger partial charge in [0.2, 0.25) is 0 Å². The molecule has 2 N–H and O–H groups in total. The molecule has 0 saturated carbocycles. The fourth-order valence-corrected chi connectivity index (χ4v) is 1.72. The van der Waals surface area contributed by atoms with Gasteiger partial charge in [-0.1, -0.05) is 30.1 Å². The molecule has 0 aliphatic heterocycles. The molecular weight excluding hydrogens is 221 g/mol. The molecule has 0 fully saturated rings. The zero-order chi connectivity index (χ0) is 10.6. The van der Waals surface area contributed by atoms with E-state index in [2.05, 4.69) is 0 Å². The molecule has 0 aliphatic carbocycles. The van der Waals surface area contributed by atoms with Gasteiger partial charge in [0, 0.05) is 17.1 Å². The van der Waals surface area contributed by atoms with Crippen LogP contribution in [-0.4, -0.2) is 6.61 Å². The summed E-state index contributed by atoms with van der Waals surface area (Å²) in [5.41, 5.74) is 6.41. The SMILES string of the molecule is CCCOc1c(Cl)cc(Cl)cc1CN. The fraction of sp³-hybridized carbons (Fsp3) is 0.400. The van der Waals surface area contributed by atoms with Gasteiger partial charge in [-0.15, -0.1) is 0 Å². The Hall–Kier alpha value is -0.440. The van der Waals surface area contributed by atoms with Crippen molar-refractivity contribution in [3.63, 3.8) is 0 Å². The van der Waals surface area contributed by atoms with Gasteiger partial charge in [-0.05, 0) is 18.6 Å². The summed E-state index contributed by atoms with van der Waals surface area (Å²) in [5, 5.41) is 1.10. The van der Waals surface area contributed by atoms with Gasteiger partial charge in [-0.25, -0.2) is 0 Å². The lowest BCUT2D eigenvalue weighted by Crippen LogP contribution is -2.03. The molecule has 0 radical (unpaired) electrons. The summed E-state index contributed by atoms with van der Waals surface area (Å²) in [6.07, 6.45) is 0.933. The van der Waals surface area contributed by atoms with Crippen molar-refractivity contribution in [2.45, 2.75) is 19.9 Å². The number of hydrogen-bond acceptors (Lipinski definition) is 2. The van der Waals surface area contributed by atoms with Crippen molar-refractivity contribution in [3.05, 3.63) is 27.7 Å². The third-order valence-electron chi connectivity index (χ3n) is 1.76. The second-order valence-corrected chi connectivity index (χ2v) is 3.77. The summed E-state index contributed by atoms with van der Waals surface area (Å²) in [6.45, 7) is 3.04. The molecule has 0 bridgehead atoms. The van der Waals surface area contributed by atoms with Gasteiger partial charge in [-0.3, -0.25) is 0 Å². The summed E-state index contributed by atoms with van der Waals surface area (Å²) < 4.78 is 5.49. The van der Waals surface area contributed by atoms with Crippen LogP contribution in [0.5, 0.6) is 5.75 Å². The average Bonchev–Trinajstić information content (AvgIpc) is 2.15. The maximum atomic E-state index is 5.98. The molecule has 0 amide bonds. The van der Waals surface area contributed by atoms with E-state index in [0.29, 0.717) is 28.9 Å². The molecule has 0 unspecified atom stereocenters. The highest BCUT2D eigenvalue weighted by atomic mass is 35.5. The van der Waals surface area contributed by atoms with Gasteiger partial charge in [0.15, 0.2) is 0 Å². The minimum atomic E-state index is 0.374. The van der Waals surface area contributed by atoms with Crippen molar-refractivity contribution in [2.24, 2.45) is 5.73 Å². The van der Waals surface area contributed by atoms with Crippen molar-refractivity contribution in [2.75, 3.05) is 6.61 Å². The molecule has 0 saturated heterocycles. The standard InChI is InChI=1S/C10H13Cl2NO/c1-2-3-14-10-7(6-13)4-8(11)5-9(10)12/h4-5H,2-3,6,13H2,1H3. The first-order valence-corrected chi connectivity index (χ1v) is 5.25. The summed E-state index contributed by atoms with van der Waals surface area (Å²) in [5.74, 6) is 0.653. The Kier molecular flexibility index (Phi) is 4.52. The topological polar surface area (TPSA) is 35.2 Å². The molecule has 0 aromatic heterocycles. The van der Waals surface area contributed by atoms with Crippen LogP contribution in [0, 0.1) is 0 Å². The Bertz CT molecular complexity index is 315. The predicted octanol–water partition coefficient (Wildman–Crippen LogP) is 3.24. The van der Waals surface area contributed by atoms with Crippen LogP contribution in [0.1, 0.15) is 18.9 Å².